The number of fused-ring (bicyclic) bond motifs is 6. The van der Waals surface area contributed by atoms with Crippen molar-refractivity contribution in [3.8, 4) is 55.6 Å². The number of hydrogen-bond acceptors (Lipinski definition) is 0. The van der Waals surface area contributed by atoms with Gasteiger partial charge in [0.1, 0.15) is 0 Å². The van der Waals surface area contributed by atoms with E-state index in [2.05, 4.69) is 275 Å². The molecule has 12 rings (SSSR count). The molecule has 0 aliphatic heterocycles. The van der Waals surface area contributed by atoms with E-state index in [1.165, 1.54) is 89.1 Å². The summed E-state index contributed by atoms with van der Waals surface area (Å²) < 4.78 is 2.06. The Morgan fingerprint density at radius 3 is 0.848 bits per heavy atom. The highest BCUT2D eigenvalue weighted by Gasteiger charge is 2.29. The summed E-state index contributed by atoms with van der Waals surface area (Å²) in [5, 5.41) is 0. The van der Waals surface area contributed by atoms with Crippen LogP contribution in [0.25, 0.3) is 77.9 Å². The van der Waals surface area contributed by atoms with E-state index < -0.39 is 0 Å². The average Bonchev–Trinajstić information content (AvgIpc) is 3.88. The Bertz CT molecular complexity index is 3260. The quantitative estimate of drug-likeness (QED) is 0.149. The second-order valence-electron chi connectivity index (χ2n) is 17.0. The summed E-state index contributed by atoms with van der Waals surface area (Å²) in [4.78, 5) is 0. The summed E-state index contributed by atoms with van der Waals surface area (Å²) in [6.07, 6.45) is 0. The molecule has 0 aromatic heterocycles. The zero-order valence-electron chi connectivity index (χ0n) is 35.8. The van der Waals surface area contributed by atoms with Crippen molar-refractivity contribution in [2.45, 2.75) is 0 Å². The lowest BCUT2D eigenvalue weighted by atomic mass is 9.84. The smallest absolute Gasteiger partial charge is 0.0181 e. The third-order valence-electron chi connectivity index (χ3n) is 13.2. The third kappa shape index (κ3) is 6.97. The fourth-order valence-electron chi connectivity index (χ4n) is 10.4. The van der Waals surface area contributed by atoms with Crippen molar-refractivity contribution in [2.24, 2.45) is 0 Å². The molecule has 0 saturated carbocycles. The van der Waals surface area contributed by atoms with Crippen LogP contribution in [0.3, 0.4) is 0 Å². The largest absolute Gasteiger partial charge is 0.0622 e. The molecule has 2 heteroatoms. The molecule has 0 atom stereocenters. The van der Waals surface area contributed by atoms with Gasteiger partial charge in [-0.25, -0.2) is 0 Å². The molecule has 0 fully saturated rings. The topological polar surface area (TPSA) is 0 Å². The molecule has 0 nitrogen and oxygen atoms in total. The van der Waals surface area contributed by atoms with Crippen LogP contribution in [0.2, 0.25) is 0 Å². The van der Waals surface area contributed by atoms with Crippen molar-refractivity contribution in [2.75, 3.05) is 0 Å². The van der Waals surface area contributed by atoms with Gasteiger partial charge in [-0.1, -0.05) is 238 Å². The molecule has 0 unspecified atom stereocenters. The minimum absolute atomic E-state index is 1.03. The minimum atomic E-state index is 1.03. The van der Waals surface area contributed by atoms with Crippen molar-refractivity contribution in [3.05, 3.63) is 296 Å². The van der Waals surface area contributed by atoms with Gasteiger partial charge < -0.3 is 0 Å². The van der Waals surface area contributed by atoms with Crippen LogP contribution in [-0.4, -0.2) is 0 Å². The first-order chi connectivity index (χ1) is 32.6. The summed E-state index contributed by atoms with van der Waals surface area (Å²) >= 11 is 7.79. The Kier molecular flexibility index (Phi) is 10.3. The lowest BCUT2D eigenvalue weighted by Gasteiger charge is -2.19. The van der Waals surface area contributed by atoms with Crippen LogP contribution in [0.15, 0.2) is 252 Å². The number of rotatable bonds is 7. The van der Waals surface area contributed by atoms with Gasteiger partial charge in [-0.15, -0.1) is 0 Å². The van der Waals surface area contributed by atoms with E-state index in [0.29, 0.717) is 0 Å². The van der Waals surface area contributed by atoms with Gasteiger partial charge in [0.2, 0.25) is 0 Å². The predicted octanol–water partition coefficient (Wildman–Crippen LogP) is 18.2. The van der Waals surface area contributed by atoms with E-state index in [0.717, 1.165) is 42.3 Å². The normalized spacial score (nSPS) is 12.0. The lowest BCUT2D eigenvalue weighted by Crippen LogP contribution is -1.96. The molecular formula is C64H40Br2. The minimum Gasteiger partial charge on any atom is -0.0622 e. The maximum absolute atomic E-state index is 3.90. The molecule has 2 aliphatic rings. The first-order valence-electron chi connectivity index (χ1n) is 22.4. The van der Waals surface area contributed by atoms with Gasteiger partial charge in [-0.3, -0.25) is 0 Å². The molecule has 0 spiro atoms. The Morgan fingerprint density at radius 1 is 0.212 bits per heavy atom. The molecule has 310 valence electrons. The van der Waals surface area contributed by atoms with Gasteiger partial charge in [0.15, 0.2) is 0 Å². The first kappa shape index (κ1) is 40.2. The zero-order valence-corrected chi connectivity index (χ0v) is 39.0. The Hall–Kier alpha value is -7.36. The van der Waals surface area contributed by atoms with Crippen LogP contribution in [-0.2, 0) is 0 Å². The van der Waals surface area contributed by atoms with Crippen LogP contribution in [0.5, 0.6) is 0 Å². The molecule has 0 heterocycles. The average molecular weight is 969 g/mol. The summed E-state index contributed by atoms with van der Waals surface area (Å²) in [5.74, 6) is 0. The van der Waals surface area contributed by atoms with E-state index in [4.69, 9.17) is 0 Å². The molecule has 0 bridgehead atoms. The zero-order chi connectivity index (χ0) is 44.1. The van der Waals surface area contributed by atoms with Crippen LogP contribution >= 0.6 is 31.9 Å². The lowest BCUT2D eigenvalue weighted by molar-refractivity contribution is 1.50. The first-order valence-corrected chi connectivity index (χ1v) is 24.0. The Labute approximate surface area is 403 Å². The monoisotopic (exact) mass is 966 g/mol. The van der Waals surface area contributed by atoms with Gasteiger partial charge in [-0.05, 0) is 159 Å². The van der Waals surface area contributed by atoms with Crippen LogP contribution in [0.4, 0.5) is 0 Å². The van der Waals surface area contributed by atoms with E-state index >= 15 is 0 Å². The molecule has 0 radical (unpaired) electrons. The third-order valence-corrected chi connectivity index (χ3v) is 14.2. The highest BCUT2D eigenvalue weighted by Crippen LogP contribution is 2.51. The standard InChI is InChI=1S/C64H40Br2/c65-47-33-35-53(59(39-47)43-21-15-23-45(37-43)61(41-17-3-1-4-18-41)63-55-29-11-7-25-49(55)50-26-8-12-30-56(50)63)54-36-34-48(66)40-60(54)44-22-16-24-46(38-44)62(42-19-5-2-6-20-42)64-57-31-13-9-27-51(57)52-28-10-14-32-58(52)64/h1-40H. The molecule has 0 saturated heterocycles. The summed E-state index contributed by atoms with van der Waals surface area (Å²) in [6.45, 7) is 0. The van der Waals surface area contributed by atoms with Crippen molar-refractivity contribution < 1.29 is 0 Å². The molecule has 2 aliphatic carbocycles. The molecule has 0 N–H and O–H groups in total. The SMILES string of the molecule is Brc1ccc(-c2ccc(Br)cc2-c2cccc(C(=C3c4ccccc4-c4ccccc43)c3ccccc3)c2)c(-c2cccc(C(=C3c4ccccc4-c4ccccc43)c3ccccc3)c2)c1. The Balaban J connectivity index is 1.04. The Morgan fingerprint density at radius 2 is 0.500 bits per heavy atom. The maximum atomic E-state index is 3.90. The molecular weight excluding hydrogens is 929 g/mol. The second kappa shape index (κ2) is 16.9. The number of benzene rings is 10. The fourth-order valence-corrected chi connectivity index (χ4v) is 11.1. The van der Waals surface area contributed by atoms with Crippen molar-refractivity contribution >= 4 is 54.2 Å². The van der Waals surface area contributed by atoms with Gasteiger partial charge in [0.05, 0.1) is 0 Å². The summed E-state index contributed by atoms with van der Waals surface area (Å²) in [7, 11) is 0. The van der Waals surface area contributed by atoms with Gasteiger partial charge in [0.25, 0.3) is 0 Å². The van der Waals surface area contributed by atoms with Crippen molar-refractivity contribution in [1.82, 2.24) is 0 Å². The van der Waals surface area contributed by atoms with Gasteiger partial charge in [0, 0.05) is 8.95 Å². The molecule has 0 amide bonds. The fraction of sp³-hybridized carbons (Fsp3) is 0. The summed E-state index contributed by atoms with van der Waals surface area (Å²) in [5.41, 5.74) is 26.8. The highest BCUT2D eigenvalue weighted by molar-refractivity contribution is 9.10. The van der Waals surface area contributed by atoms with E-state index in [9.17, 15) is 0 Å². The van der Waals surface area contributed by atoms with Gasteiger partial charge in [-0.2, -0.15) is 0 Å². The summed E-state index contributed by atoms with van der Waals surface area (Å²) in [6, 6.07) is 88.8. The van der Waals surface area contributed by atoms with Crippen LogP contribution in [0.1, 0.15) is 44.5 Å². The highest BCUT2D eigenvalue weighted by atomic mass is 79.9. The van der Waals surface area contributed by atoms with Gasteiger partial charge >= 0.3 is 0 Å². The predicted molar refractivity (Wildman–Crippen MR) is 285 cm³/mol. The number of halogens is 2. The second-order valence-corrected chi connectivity index (χ2v) is 18.8. The molecule has 10 aromatic carbocycles. The molecule has 10 aromatic rings. The van der Waals surface area contributed by atoms with E-state index in [-0.39, 0.29) is 0 Å². The van der Waals surface area contributed by atoms with E-state index in [1.807, 2.05) is 0 Å². The molecule has 66 heavy (non-hydrogen) atoms. The number of hydrogen-bond donors (Lipinski definition) is 0. The van der Waals surface area contributed by atoms with Crippen molar-refractivity contribution in [3.63, 3.8) is 0 Å². The van der Waals surface area contributed by atoms with E-state index in [1.54, 1.807) is 0 Å². The van der Waals surface area contributed by atoms with Crippen molar-refractivity contribution in [1.29, 1.82) is 0 Å². The maximum Gasteiger partial charge on any atom is 0.0181 e. The van der Waals surface area contributed by atoms with Crippen LogP contribution in [0, 0.1) is 0 Å². The van der Waals surface area contributed by atoms with Crippen LogP contribution < -0.4 is 0 Å².